The van der Waals surface area contributed by atoms with E-state index in [-0.39, 0.29) is 0 Å². The third-order valence-corrected chi connectivity index (χ3v) is 9.16. The first-order valence-electron chi connectivity index (χ1n) is 14.6. The molecule has 4 nitrogen and oxygen atoms in total. The molecular weight excluding hydrogens is 503 g/mol. The quantitative estimate of drug-likeness (QED) is 0.333. The topological polar surface area (TPSA) is 50.3 Å². The average Bonchev–Trinajstić information content (AvgIpc) is 3.54. The van der Waals surface area contributed by atoms with E-state index in [0.29, 0.717) is 17.3 Å². The Morgan fingerprint density at radius 2 is 1.56 bits per heavy atom. The van der Waals surface area contributed by atoms with E-state index in [9.17, 15) is 10.0 Å². The SMILES string of the molecule is OB(O)c1ccc(-n2c3c(c4ccccc42)CC(C2C=c4c5c(n(-c6ccccc6)c4=CC2)CCC=C5)C=C3)cc1. The number of para-hydroxylation sites is 2. The van der Waals surface area contributed by atoms with Crippen molar-refractivity contribution in [1.29, 1.82) is 0 Å². The number of nitrogens with zero attached hydrogens (tertiary/aromatic N) is 2. The molecule has 0 saturated heterocycles. The van der Waals surface area contributed by atoms with Gasteiger partial charge in [-0.25, -0.2) is 0 Å². The average molecular weight is 534 g/mol. The zero-order chi connectivity index (χ0) is 27.5. The largest absolute Gasteiger partial charge is 0.488 e. The zero-order valence-electron chi connectivity index (χ0n) is 22.8. The van der Waals surface area contributed by atoms with Gasteiger partial charge in [-0.15, -0.1) is 0 Å². The van der Waals surface area contributed by atoms with Gasteiger partial charge in [0.05, 0.1) is 5.52 Å². The van der Waals surface area contributed by atoms with Crippen LogP contribution in [0.4, 0.5) is 0 Å². The molecule has 2 heterocycles. The fourth-order valence-electron chi connectivity index (χ4n) is 7.21. The number of benzene rings is 3. The molecule has 0 aliphatic heterocycles. The molecule has 2 N–H and O–H groups in total. The first-order valence-corrected chi connectivity index (χ1v) is 14.6. The lowest BCUT2D eigenvalue weighted by Crippen LogP contribution is -2.34. The highest BCUT2D eigenvalue weighted by atomic mass is 16.4. The summed E-state index contributed by atoms with van der Waals surface area (Å²) in [6.45, 7) is 0. The van der Waals surface area contributed by atoms with Crippen LogP contribution in [0, 0.1) is 11.8 Å². The van der Waals surface area contributed by atoms with Crippen molar-refractivity contribution in [2.75, 3.05) is 0 Å². The molecule has 3 aliphatic carbocycles. The lowest BCUT2D eigenvalue weighted by atomic mass is 9.79. The summed E-state index contributed by atoms with van der Waals surface area (Å²) in [4.78, 5) is 0. The maximum Gasteiger partial charge on any atom is 0.488 e. The highest BCUT2D eigenvalue weighted by Gasteiger charge is 2.28. The van der Waals surface area contributed by atoms with Crippen molar-refractivity contribution >= 4 is 47.8 Å². The van der Waals surface area contributed by atoms with E-state index in [1.165, 1.54) is 49.7 Å². The van der Waals surface area contributed by atoms with Crippen LogP contribution in [0.5, 0.6) is 0 Å². The molecule has 0 radical (unpaired) electrons. The minimum Gasteiger partial charge on any atom is -0.423 e. The molecule has 3 aromatic carbocycles. The minimum absolute atomic E-state index is 0.418. The molecule has 41 heavy (non-hydrogen) atoms. The second-order valence-corrected chi connectivity index (χ2v) is 11.5. The Bertz CT molecular complexity index is 1980. The summed E-state index contributed by atoms with van der Waals surface area (Å²) >= 11 is 0. The van der Waals surface area contributed by atoms with Gasteiger partial charge in [-0.1, -0.05) is 78.9 Å². The van der Waals surface area contributed by atoms with Crippen molar-refractivity contribution in [3.63, 3.8) is 0 Å². The molecule has 0 amide bonds. The summed E-state index contributed by atoms with van der Waals surface area (Å²) in [6, 6.07) is 27.0. The van der Waals surface area contributed by atoms with Crippen molar-refractivity contribution in [2.24, 2.45) is 11.8 Å². The number of rotatable bonds is 4. The maximum atomic E-state index is 9.58. The number of hydrogen-bond donors (Lipinski definition) is 2. The van der Waals surface area contributed by atoms with Crippen molar-refractivity contribution in [3.8, 4) is 11.4 Å². The molecule has 5 aromatic rings. The van der Waals surface area contributed by atoms with E-state index in [2.05, 4.69) is 100 Å². The third-order valence-electron chi connectivity index (χ3n) is 9.16. The fourth-order valence-corrected chi connectivity index (χ4v) is 7.21. The summed E-state index contributed by atoms with van der Waals surface area (Å²) in [6.07, 6.45) is 18.6. The minimum atomic E-state index is -1.46. The molecular formula is C36H31BN2O2. The summed E-state index contributed by atoms with van der Waals surface area (Å²) in [7, 11) is -1.46. The first kappa shape index (κ1) is 24.5. The van der Waals surface area contributed by atoms with E-state index in [4.69, 9.17) is 0 Å². The molecule has 0 spiro atoms. The summed E-state index contributed by atoms with van der Waals surface area (Å²) < 4.78 is 4.80. The second-order valence-electron chi connectivity index (χ2n) is 11.5. The van der Waals surface area contributed by atoms with Gasteiger partial charge in [0.1, 0.15) is 0 Å². The molecule has 0 bridgehead atoms. The van der Waals surface area contributed by atoms with Gasteiger partial charge in [0, 0.05) is 44.3 Å². The molecule has 2 aromatic heterocycles. The van der Waals surface area contributed by atoms with Gasteiger partial charge in [-0.2, -0.15) is 0 Å². The van der Waals surface area contributed by atoms with Crippen LogP contribution in [0.1, 0.15) is 35.4 Å². The van der Waals surface area contributed by atoms with Crippen LogP contribution < -0.4 is 16.0 Å². The predicted octanol–water partition coefficient (Wildman–Crippen LogP) is 4.53. The second kappa shape index (κ2) is 9.65. The van der Waals surface area contributed by atoms with Crippen LogP contribution in [-0.4, -0.2) is 26.3 Å². The Hall–Kier alpha value is -4.32. The Morgan fingerprint density at radius 1 is 0.780 bits per heavy atom. The molecule has 2 atom stereocenters. The van der Waals surface area contributed by atoms with Crippen molar-refractivity contribution in [3.05, 3.63) is 124 Å². The molecule has 200 valence electrons. The zero-order valence-corrected chi connectivity index (χ0v) is 22.8. The van der Waals surface area contributed by atoms with Gasteiger partial charge in [-0.05, 0) is 85.0 Å². The van der Waals surface area contributed by atoms with E-state index in [1.807, 2.05) is 12.1 Å². The Morgan fingerprint density at radius 3 is 2.39 bits per heavy atom. The molecule has 0 fully saturated rings. The third kappa shape index (κ3) is 3.92. The molecule has 2 unspecified atom stereocenters. The van der Waals surface area contributed by atoms with Crippen LogP contribution in [-0.2, 0) is 12.8 Å². The van der Waals surface area contributed by atoms with Crippen molar-refractivity contribution < 1.29 is 10.0 Å². The van der Waals surface area contributed by atoms with Gasteiger partial charge >= 0.3 is 7.12 Å². The van der Waals surface area contributed by atoms with Gasteiger partial charge in [0.25, 0.3) is 0 Å². The van der Waals surface area contributed by atoms with Crippen LogP contribution in [0.25, 0.3) is 46.6 Å². The number of hydrogen-bond acceptors (Lipinski definition) is 2. The Kier molecular flexibility index (Phi) is 5.76. The van der Waals surface area contributed by atoms with Gasteiger partial charge in [0.2, 0.25) is 0 Å². The normalized spacial score (nSPS) is 18.8. The summed E-state index contributed by atoms with van der Waals surface area (Å²) in [5.41, 5.74) is 9.39. The van der Waals surface area contributed by atoms with Crippen LogP contribution >= 0.6 is 0 Å². The number of allylic oxidation sites excluding steroid dienone is 2. The molecule has 3 aliphatic rings. The number of fused-ring (bicyclic) bond motifs is 6. The number of aromatic nitrogens is 2. The van der Waals surface area contributed by atoms with Crippen molar-refractivity contribution in [1.82, 2.24) is 9.13 Å². The smallest absolute Gasteiger partial charge is 0.423 e. The standard InChI is InChI=1S/C36H31BN2O2/c40-37(41)26-16-18-28(19-17-26)39-34-13-7-5-11-30(34)32-23-25(15-21-36(32)39)24-14-20-35-31(22-24)29-10-4-6-12-33(29)38(35)27-8-2-1-3-9-27/h1-5,7-11,13,15-22,24-25,40-41H,6,12,14,23H2. The van der Waals surface area contributed by atoms with E-state index in [0.717, 1.165) is 31.4 Å². The maximum absolute atomic E-state index is 9.58. The fraction of sp³-hybridized carbons (Fsp3) is 0.167. The Labute approximate surface area is 239 Å². The highest BCUT2D eigenvalue weighted by molar-refractivity contribution is 6.58. The van der Waals surface area contributed by atoms with E-state index in [1.54, 1.807) is 12.1 Å². The van der Waals surface area contributed by atoms with Crippen LogP contribution in [0.3, 0.4) is 0 Å². The first-order chi connectivity index (χ1) is 20.2. The predicted molar refractivity (Wildman–Crippen MR) is 169 cm³/mol. The lowest BCUT2D eigenvalue weighted by molar-refractivity contribution is 0.426. The van der Waals surface area contributed by atoms with Crippen LogP contribution in [0.15, 0.2) is 91.0 Å². The lowest BCUT2D eigenvalue weighted by Gasteiger charge is -2.26. The van der Waals surface area contributed by atoms with E-state index < -0.39 is 7.12 Å². The monoisotopic (exact) mass is 534 g/mol. The molecule has 5 heteroatoms. The van der Waals surface area contributed by atoms with Gasteiger partial charge in [-0.3, -0.25) is 0 Å². The summed E-state index contributed by atoms with van der Waals surface area (Å²) in [5, 5.41) is 23.2. The van der Waals surface area contributed by atoms with Crippen molar-refractivity contribution in [2.45, 2.75) is 25.7 Å². The highest BCUT2D eigenvalue weighted by Crippen LogP contribution is 2.38. The van der Waals surface area contributed by atoms with Crippen LogP contribution in [0.2, 0.25) is 0 Å². The summed E-state index contributed by atoms with van der Waals surface area (Å²) in [5.74, 6) is 0.853. The molecule has 8 rings (SSSR count). The van der Waals surface area contributed by atoms with Gasteiger partial charge < -0.3 is 19.2 Å². The van der Waals surface area contributed by atoms with Gasteiger partial charge in [0.15, 0.2) is 0 Å². The molecule has 0 saturated carbocycles. The van der Waals surface area contributed by atoms with E-state index >= 15 is 0 Å². The Balaban J connectivity index is 1.21.